The fourth-order valence-electron chi connectivity index (χ4n) is 3.58. The van der Waals surface area contributed by atoms with Crippen molar-refractivity contribution in [1.82, 2.24) is 0 Å². The van der Waals surface area contributed by atoms with Crippen molar-refractivity contribution in [3.63, 3.8) is 0 Å². The van der Waals surface area contributed by atoms with E-state index >= 15 is 0 Å². The van der Waals surface area contributed by atoms with Crippen molar-refractivity contribution in [3.8, 4) is 11.1 Å². The quantitative estimate of drug-likeness (QED) is 0.544. The van der Waals surface area contributed by atoms with Gasteiger partial charge in [-0.1, -0.05) is 0 Å². The molecule has 0 radical (unpaired) electrons. The molecular formula is C24H22NP. The van der Waals surface area contributed by atoms with E-state index < -0.39 is 7.41 Å². The molecule has 0 saturated heterocycles. The molecule has 0 saturated carbocycles. The van der Waals surface area contributed by atoms with Crippen molar-refractivity contribution < 1.29 is 0 Å². The molecule has 4 rings (SSSR count). The molecule has 0 unspecified atom stereocenters. The summed E-state index contributed by atoms with van der Waals surface area (Å²) in [5, 5.41) is 3.67. The Morgan fingerprint density at radius 3 is 1.42 bits per heavy atom. The molecule has 1 nitrogen and oxygen atoms in total. The van der Waals surface area contributed by atoms with Crippen LogP contribution in [0.2, 0.25) is 0 Å². The SMILES string of the molecule is N[PH](c1ccccc1)(c1ccccc1)c1ccccc1-c1ccccc1. The van der Waals surface area contributed by atoms with E-state index in [-0.39, 0.29) is 0 Å². The molecule has 0 fully saturated rings. The van der Waals surface area contributed by atoms with Crippen molar-refractivity contribution >= 4 is 23.3 Å². The summed E-state index contributed by atoms with van der Waals surface area (Å²) in [5.74, 6) is 0. The molecule has 0 bridgehead atoms. The van der Waals surface area contributed by atoms with Crippen molar-refractivity contribution in [2.24, 2.45) is 5.50 Å². The molecule has 4 aromatic rings. The van der Waals surface area contributed by atoms with Gasteiger partial charge in [-0.05, 0) is 0 Å². The molecular weight excluding hydrogens is 333 g/mol. The molecule has 0 heterocycles. The third-order valence-corrected chi connectivity index (χ3v) is 8.67. The van der Waals surface area contributed by atoms with E-state index in [2.05, 4.69) is 97.1 Å². The zero-order valence-corrected chi connectivity index (χ0v) is 15.5. The van der Waals surface area contributed by atoms with Gasteiger partial charge in [-0.3, -0.25) is 0 Å². The molecule has 2 heteroatoms. The van der Waals surface area contributed by atoms with Crippen LogP contribution in [-0.4, -0.2) is 0 Å². The normalized spacial score (nSPS) is 11.9. The van der Waals surface area contributed by atoms with Gasteiger partial charge in [0, 0.05) is 0 Å². The van der Waals surface area contributed by atoms with Gasteiger partial charge in [0.05, 0.1) is 0 Å². The third-order valence-electron chi connectivity index (χ3n) is 4.89. The monoisotopic (exact) mass is 355 g/mol. The Bertz CT molecular complexity index is 943. The van der Waals surface area contributed by atoms with Crippen LogP contribution >= 0.6 is 7.41 Å². The van der Waals surface area contributed by atoms with Crippen LogP contribution in [0.4, 0.5) is 0 Å². The van der Waals surface area contributed by atoms with E-state index in [9.17, 15) is 0 Å². The zero-order chi connectivity index (χ0) is 17.8. The van der Waals surface area contributed by atoms with Crippen LogP contribution in [-0.2, 0) is 0 Å². The summed E-state index contributed by atoms with van der Waals surface area (Å²) in [6.45, 7) is 0. The van der Waals surface area contributed by atoms with Crippen molar-refractivity contribution in [1.29, 1.82) is 0 Å². The molecule has 0 aliphatic carbocycles. The number of hydrogen-bond donors (Lipinski definition) is 1. The van der Waals surface area contributed by atoms with Crippen molar-refractivity contribution in [2.45, 2.75) is 0 Å². The second-order valence-electron chi connectivity index (χ2n) is 6.45. The molecule has 26 heavy (non-hydrogen) atoms. The summed E-state index contributed by atoms with van der Waals surface area (Å²) in [6.07, 6.45) is 0. The molecule has 0 aliphatic rings. The Labute approximate surface area is 155 Å². The Morgan fingerprint density at radius 1 is 0.462 bits per heavy atom. The van der Waals surface area contributed by atoms with Gasteiger partial charge in [0.1, 0.15) is 0 Å². The number of hydrogen-bond acceptors (Lipinski definition) is 1. The van der Waals surface area contributed by atoms with E-state index in [1.54, 1.807) is 0 Å². The predicted octanol–water partition coefficient (Wildman–Crippen LogP) is 4.25. The zero-order valence-electron chi connectivity index (χ0n) is 14.5. The minimum absolute atomic E-state index is 1.21. The third kappa shape index (κ3) is 2.97. The summed E-state index contributed by atoms with van der Waals surface area (Å²) in [6, 6.07) is 40.2. The van der Waals surface area contributed by atoms with E-state index in [1.165, 1.54) is 27.0 Å². The topological polar surface area (TPSA) is 26.0 Å². The van der Waals surface area contributed by atoms with Gasteiger partial charge in [-0.2, -0.15) is 0 Å². The average Bonchev–Trinajstić information content (AvgIpc) is 2.75. The van der Waals surface area contributed by atoms with Crippen LogP contribution in [0.1, 0.15) is 0 Å². The Hall–Kier alpha value is -2.73. The van der Waals surface area contributed by atoms with Crippen LogP contribution < -0.4 is 21.4 Å². The van der Waals surface area contributed by atoms with E-state index in [0.717, 1.165) is 0 Å². The number of nitrogens with two attached hydrogens (primary N) is 1. The first-order valence-corrected chi connectivity index (χ1v) is 10.9. The Kier molecular flexibility index (Phi) is 4.67. The summed E-state index contributed by atoms with van der Waals surface area (Å²) >= 11 is 0. The molecule has 0 aliphatic heterocycles. The standard InChI is InChI=1S/C24H22NP/c25-26(21-14-6-2-7-15-21,22-16-8-3-9-17-22)24-19-11-10-18-23(24)20-12-4-1-5-13-20/h1-19,26H,25H2. The maximum atomic E-state index is 7.34. The van der Waals surface area contributed by atoms with Crippen molar-refractivity contribution in [2.75, 3.05) is 0 Å². The van der Waals surface area contributed by atoms with Gasteiger partial charge in [-0.25, -0.2) is 0 Å². The first kappa shape index (κ1) is 16.7. The molecule has 4 aromatic carbocycles. The Balaban J connectivity index is 2.01. The summed E-state index contributed by atoms with van der Waals surface area (Å²) < 4.78 is 0. The second kappa shape index (κ2) is 7.25. The first-order valence-electron chi connectivity index (χ1n) is 8.85. The van der Waals surface area contributed by atoms with Crippen LogP contribution in [0.25, 0.3) is 11.1 Å². The maximum absolute atomic E-state index is 7.34. The van der Waals surface area contributed by atoms with Crippen LogP contribution in [0.15, 0.2) is 115 Å². The summed E-state index contributed by atoms with van der Waals surface area (Å²) in [7, 11) is -2.61. The molecule has 2 N–H and O–H groups in total. The van der Waals surface area contributed by atoms with Gasteiger partial charge in [0.25, 0.3) is 0 Å². The van der Waals surface area contributed by atoms with E-state index in [0.29, 0.717) is 0 Å². The molecule has 128 valence electrons. The molecule has 0 amide bonds. The summed E-state index contributed by atoms with van der Waals surface area (Å²) in [5.41, 5.74) is 9.76. The van der Waals surface area contributed by atoms with Crippen molar-refractivity contribution in [3.05, 3.63) is 115 Å². The predicted molar refractivity (Wildman–Crippen MR) is 116 cm³/mol. The summed E-state index contributed by atoms with van der Waals surface area (Å²) in [4.78, 5) is 0. The van der Waals surface area contributed by atoms with Gasteiger partial charge >= 0.3 is 155 Å². The van der Waals surface area contributed by atoms with E-state index in [4.69, 9.17) is 5.50 Å². The van der Waals surface area contributed by atoms with Gasteiger partial charge in [0.15, 0.2) is 0 Å². The van der Waals surface area contributed by atoms with Gasteiger partial charge < -0.3 is 0 Å². The van der Waals surface area contributed by atoms with E-state index in [1.807, 2.05) is 18.2 Å². The van der Waals surface area contributed by atoms with Crippen LogP contribution in [0.3, 0.4) is 0 Å². The number of benzene rings is 4. The fourth-order valence-corrected chi connectivity index (χ4v) is 6.98. The fraction of sp³-hybridized carbons (Fsp3) is 0. The Morgan fingerprint density at radius 2 is 0.885 bits per heavy atom. The molecule has 0 aromatic heterocycles. The average molecular weight is 355 g/mol. The van der Waals surface area contributed by atoms with Crippen LogP contribution in [0.5, 0.6) is 0 Å². The first-order chi connectivity index (χ1) is 12.8. The second-order valence-corrected chi connectivity index (χ2v) is 9.76. The molecule has 0 spiro atoms. The van der Waals surface area contributed by atoms with Gasteiger partial charge in [0.2, 0.25) is 0 Å². The van der Waals surface area contributed by atoms with Crippen LogP contribution in [0, 0.1) is 0 Å². The molecule has 0 atom stereocenters. The van der Waals surface area contributed by atoms with Gasteiger partial charge in [-0.15, -0.1) is 0 Å². The minimum atomic E-state index is -2.61. The number of rotatable bonds is 4.